The molecule has 20 heavy (non-hydrogen) atoms. The summed E-state index contributed by atoms with van der Waals surface area (Å²) >= 11 is 0. The second-order valence-electron chi connectivity index (χ2n) is 4.33. The third kappa shape index (κ3) is 3.57. The molecule has 0 fully saturated rings. The number of aromatic nitrogens is 1. The summed E-state index contributed by atoms with van der Waals surface area (Å²) in [7, 11) is 0. The number of ether oxygens (including phenoxy) is 1. The Bertz CT molecular complexity index is 591. The minimum absolute atomic E-state index is 0.174. The van der Waals surface area contributed by atoms with Crippen LogP contribution in [0, 0.1) is 19.7 Å². The van der Waals surface area contributed by atoms with Gasteiger partial charge in [0.25, 0.3) is 5.91 Å². The van der Waals surface area contributed by atoms with Gasteiger partial charge >= 0.3 is 0 Å². The number of nitrogens with one attached hydrogen (secondary N) is 1. The molecule has 0 radical (unpaired) electrons. The largest absolute Gasteiger partial charge is 0.484 e. The van der Waals surface area contributed by atoms with Crippen molar-refractivity contribution in [2.45, 2.75) is 20.4 Å². The highest BCUT2D eigenvalue weighted by atomic mass is 19.1. The average molecular weight is 278 g/mol. The van der Waals surface area contributed by atoms with Gasteiger partial charge in [-0.3, -0.25) is 4.79 Å². The molecule has 5 nitrogen and oxygen atoms in total. The van der Waals surface area contributed by atoms with E-state index in [1.807, 2.05) is 0 Å². The summed E-state index contributed by atoms with van der Waals surface area (Å²) in [6.07, 6.45) is 0. The zero-order valence-electron chi connectivity index (χ0n) is 11.3. The van der Waals surface area contributed by atoms with Gasteiger partial charge in [0.2, 0.25) is 0 Å². The first-order chi connectivity index (χ1) is 9.56. The number of hydrogen-bond donors (Lipinski definition) is 1. The second kappa shape index (κ2) is 6.18. The standard InChI is InChI=1S/C14H15FN2O3/c1-9-13(10(2)20-17-9)7-16-14(18)8-19-12-5-3-4-11(15)6-12/h3-6H,7-8H2,1-2H3,(H,16,18). The van der Waals surface area contributed by atoms with Crippen molar-refractivity contribution in [3.05, 3.63) is 47.1 Å². The summed E-state index contributed by atoms with van der Waals surface area (Å²) in [6.45, 7) is 3.74. The number of benzene rings is 1. The molecule has 6 heteroatoms. The fraction of sp³-hybridized carbons (Fsp3) is 0.286. The molecule has 0 spiro atoms. The molecule has 1 amide bonds. The molecule has 0 aliphatic heterocycles. The van der Waals surface area contributed by atoms with Crippen LogP contribution < -0.4 is 10.1 Å². The Hall–Kier alpha value is -2.37. The smallest absolute Gasteiger partial charge is 0.258 e. The van der Waals surface area contributed by atoms with Gasteiger partial charge in [-0.15, -0.1) is 0 Å². The number of rotatable bonds is 5. The Morgan fingerprint density at radius 1 is 1.45 bits per heavy atom. The van der Waals surface area contributed by atoms with Gasteiger partial charge in [0.1, 0.15) is 17.3 Å². The molecule has 0 unspecified atom stereocenters. The Balaban J connectivity index is 1.81. The maximum Gasteiger partial charge on any atom is 0.258 e. The van der Waals surface area contributed by atoms with Crippen molar-refractivity contribution in [2.75, 3.05) is 6.61 Å². The van der Waals surface area contributed by atoms with E-state index in [-0.39, 0.29) is 12.5 Å². The molecule has 106 valence electrons. The van der Waals surface area contributed by atoms with E-state index < -0.39 is 5.82 Å². The van der Waals surface area contributed by atoms with E-state index in [2.05, 4.69) is 10.5 Å². The monoisotopic (exact) mass is 278 g/mol. The lowest BCUT2D eigenvalue weighted by atomic mass is 10.2. The van der Waals surface area contributed by atoms with Crippen molar-refractivity contribution in [1.82, 2.24) is 10.5 Å². The highest BCUT2D eigenvalue weighted by Gasteiger charge is 2.10. The summed E-state index contributed by atoms with van der Waals surface area (Å²) in [6, 6.07) is 5.64. The Morgan fingerprint density at radius 3 is 2.90 bits per heavy atom. The van der Waals surface area contributed by atoms with Crippen LogP contribution in [0.2, 0.25) is 0 Å². The third-order valence-electron chi connectivity index (χ3n) is 2.81. The van der Waals surface area contributed by atoms with Crippen LogP contribution in [0.15, 0.2) is 28.8 Å². The van der Waals surface area contributed by atoms with Crippen LogP contribution in [-0.4, -0.2) is 17.7 Å². The van der Waals surface area contributed by atoms with E-state index in [4.69, 9.17) is 9.26 Å². The minimum Gasteiger partial charge on any atom is -0.484 e. The van der Waals surface area contributed by atoms with Crippen LogP contribution in [-0.2, 0) is 11.3 Å². The maximum atomic E-state index is 12.9. The molecule has 0 saturated heterocycles. The van der Waals surface area contributed by atoms with Crippen LogP contribution >= 0.6 is 0 Å². The fourth-order valence-electron chi connectivity index (χ4n) is 1.70. The molecule has 1 aromatic heterocycles. The molecule has 0 bridgehead atoms. The van der Waals surface area contributed by atoms with Crippen LogP contribution in [0.5, 0.6) is 5.75 Å². The Kier molecular flexibility index (Phi) is 4.34. The van der Waals surface area contributed by atoms with Crippen molar-refractivity contribution in [3.63, 3.8) is 0 Å². The molecular weight excluding hydrogens is 263 g/mol. The van der Waals surface area contributed by atoms with Gasteiger partial charge < -0.3 is 14.6 Å². The predicted molar refractivity (Wildman–Crippen MR) is 69.7 cm³/mol. The molecule has 1 aromatic carbocycles. The van der Waals surface area contributed by atoms with Crippen LogP contribution in [0.3, 0.4) is 0 Å². The minimum atomic E-state index is -0.404. The summed E-state index contributed by atoms with van der Waals surface area (Å²) in [5.74, 6) is 0.291. The summed E-state index contributed by atoms with van der Waals surface area (Å²) in [5.41, 5.74) is 1.60. The number of halogens is 1. The van der Waals surface area contributed by atoms with Gasteiger partial charge in [0, 0.05) is 18.2 Å². The Morgan fingerprint density at radius 2 is 2.25 bits per heavy atom. The molecule has 0 saturated carbocycles. The first kappa shape index (κ1) is 14.0. The lowest BCUT2D eigenvalue weighted by Crippen LogP contribution is -2.28. The number of hydrogen-bond acceptors (Lipinski definition) is 4. The topological polar surface area (TPSA) is 64.4 Å². The van der Waals surface area contributed by atoms with Gasteiger partial charge in [0.05, 0.1) is 5.69 Å². The zero-order valence-corrected chi connectivity index (χ0v) is 11.3. The third-order valence-corrected chi connectivity index (χ3v) is 2.81. The van der Waals surface area contributed by atoms with E-state index in [9.17, 15) is 9.18 Å². The number of amides is 1. The van der Waals surface area contributed by atoms with Gasteiger partial charge in [-0.05, 0) is 26.0 Å². The van der Waals surface area contributed by atoms with Gasteiger partial charge in [-0.1, -0.05) is 11.2 Å². The number of aryl methyl sites for hydroxylation is 2. The second-order valence-corrected chi connectivity index (χ2v) is 4.33. The van der Waals surface area contributed by atoms with Crippen LogP contribution in [0.25, 0.3) is 0 Å². The van der Waals surface area contributed by atoms with Crippen molar-refractivity contribution in [2.24, 2.45) is 0 Å². The van der Waals surface area contributed by atoms with Crippen molar-refractivity contribution in [3.8, 4) is 5.75 Å². The van der Waals surface area contributed by atoms with Crippen molar-refractivity contribution >= 4 is 5.91 Å². The fourth-order valence-corrected chi connectivity index (χ4v) is 1.70. The lowest BCUT2D eigenvalue weighted by molar-refractivity contribution is -0.123. The number of carbonyl (C=O) groups is 1. The van der Waals surface area contributed by atoms with E-state index in [0.29, 0.717) is 18.1 Å². The van der Waals surface area contributed by atoms with E-state index in [1.54, 1.807) is 19.9 Å². The SMILES string of the molecule is Cc1noc(C)c1CNC(=O)COc1cccc(F)c1. The van der Waals surface area contributed by atoms with Gasteiger partial charge in [-0.2, -0.15) is 0 Å². The highest BCUT2D eigenvalue weighted by Crippen LogP contribution is 2.12. The first-order valence-corrected chi connectivity index (χ1v) is 6.13. The van der Waals surface area contributed by atoms with Crippen LogP contribution in [0.1, 0.15) is 17.0 Å². The van der Waals surface area contributed by atoms with Crippen molar-refractivity contribution in [1.29, 1.82) is 0 Å². The van der Waals surface area contributed by atoms with Gasteiger partial charge in [0.15, 0.2) is 6.61 Å². The van der Waals surface area contributed by atoms with E-state index in [1.165, 1.54) is 18.2 Å². The molecule has 0 atom stereocenters. The lowest BCUT2D eigenvalue weighted by Gasteiger charge is -2.07. The first-order valence-electron chi connectivity index (χ1n) is 6.13. The summed E-state index contributed by atoms with van der Waals surface area (Å²) in [4.78, 5) is 11.6. The Labute approximate surface area is 115 Å². The average Bonchev–Trinajstić information content (AvgIpc) is 2.74. The molecular formula is C14H15FN2O3. The molecule has 0 aliphatic carbocycles. The normalized spacial score (nSPS) is 10.3. The molecule has 0 aliphatic rings. The van der Waals surface area contributed by atoms with Gasteiger partial charge in [-0.25, -0.2) is 4.39 Å². The molecule has 1 heterocycles. The number of nitrogens with zero attached hydrogens (tertiary/aromatic N) is 1. The van der Waals surface area contributed by atoms with Crippen molar-refractivity contribution < 1.29 is 18.4 Å². The van der Waals surface area contributed by atoms with E-state index >= 15 is 0 Å². The van der Waals surface area contributed by atoms with Crippen LogP contribution in [0.4, 0.5) is 4.39 Å². The predicted octanol–water partition coefficient (Wildman–Crippen LogP) is 2.13. The summed E-state index contributed by atoms with van der Waals surface area (Å²) in [5, 5.41) is 6.49. The van der Waals surface area contributed by atoms with E-state index in [0.717, 1.165) is 11.3 Å². The molecule has 1 N–H and O–H groups in total. The zero-order chi connectivity index (χ0) is 14.5. The maximum absolute atomic E-state index is 12.9. The highest BCUT2D eigenvalue weighted by molar-refractivity contribution is 5.77. The quantitative estimate of drug-likeness (QED) is 0.910. The molecule has 2 rings (SSSR count). The molecule has 2 aromatic rings. The number of carbonyl (C=O) groups excluding carboxylic acids is 1. The summed E-state index contributed by atoms with van der Waals surface area (Å²) < 4.78 is 23.1.